The first-order valence-corrected chi connectivity index (χ1v) is 9.01. The highest BCUT2D eigenvalue weighted by atomic mass is 35.5. The van der Waals surface area contributed by atoms with Gasteiger partial charge in [0.05, 0.1) is 14.2 Å². The molecule has 22 heavy (non-hydrogen) atoms. The second-order valence-corrected chi connectivity index (χ2v) is 7.24. The van der Waals surface area contributed by atoms with Gasteiger partial charge >= 0.3 is 0 Å². The Hall–Kier alpha value is -1.02. The van der Waals surface area contributed by atoms with Gasteiger partial charge in [-0.15, -0.1) is 11.6 Å². The van der Waals surface area contributed by atoms with E-state index >= 15 is 0 Å². The summed E-state index contributed by atoms with van der Waals surface area (Å²) < 4.78 is 37.5. The third kappa shape index (κ3) is 3.65. The van der Waals surface area contributed by atoms with Gasteiger partial charge in [-0.05, 0) is 12.1 Å². The molecule has 1 aromatic carbocycles. The fraction of sp³-hybridized carbons (Fsp3) is 0.571. The lowest BCUT2D eigenvalue weighted by atomic mass is 10.3. The normalized spacial score (nSPS) is 17.4. The summed E-state index contributed by atoms with van der Waals surface area (Å²) in [6, 6.07) is 4.78. The average Bonchev–Trinajstić information content (AvgIpc) is 2.55. The molecule has 8 heteroatoms. The molecule has 0 N–H and O–H groups in total. The van der Waals surface area contributed by atoms with Crippen molar-refractivity contribution < 1.29 is 17.9 Å². The van der Waals surface area contributed by atoms with Gasteiger partial charge in [-0.1, -0.05) is 0 Å². The van der Waals surface area contributed by atoms with Crippen molar-refractivity contribution in [2.45, 2.75) is 4.90 Å². The van der Waals surface area contributed by atoms with Crippen LogP contribution < -0.4 is 9.47 Å². The highest BCUT2D eigenvalue weighted by molar-refractivity contribution is 7.89. The van der Waals surface area contributed by atoms with Gasteiger partial charge in [0, 0.05) is 44.7 Å². The molecular formula is C14H21ClN2O4S. The van der Waals surface area contributed by atoms with Gasteiger partial charge in [0.25, 0.3) is 0 Å². The largest absolute Gasteiger partial charge is 0.497 e. The summed E-state index contributed by atoms with van der Waals surface area (Å²) in [5.41, 5.74) is 0. The van der Waals surface area contributed by atoms with Crippen molar-refractivity contribution in [3.8, 4) is 11.5 Å². The molecule has 0 aliphatic carbocycles. The molecule has 0 spiro atoms. The molecule has 124 valence electrons. The molecule has 1 aliphatic rings. The summed E-state index contributed by atoms with van der Waals surface area (Å²) in [4.78, 5) is 2.29. The van der Waals surface area contributed by atoms with E-state index in [0.717, 1.165) is 6.54 Å². The molecule has 0 radical (unpaired) electrons. The van der Waals surface area contributed by atoms with Crippen molar-refractivity contribution in [3.63, 3.8) is 0 Å². The zero-order valence-electron chi connectivity index (χ0n) is 12.8. The van der Waals surface area contributed by atoms with E-state index in [1.54, 1.807) is 12.1 Å². The second kappa shape index (κ2) is 7.50. The van der Waals surface area contributed by atoms with Crippen LogP contribution in [0.2, 0.25) is 0 Å². The molecule has 0 unspecified atom stereocenters. The van der Waals surface area contributed by atoms with Crippen LogP contribution in [-0.4, -0.2) is 70.4 Å². The Kier molecular flexibility index (Phi) is 5.91. The third-order valence-corrected chi connectivity index (χ3v) is 5.81. The molecule has 0 atom stereocenters. The highest BCUT2D eigenvalue weighted by Gasteiger charge is 2.31. The van der Waals surface area contributed by atoms with Crippen molar-refractivity contribution in [2.24, 2.45) is 0 Å². The predicted molar refractivity (Wildman–Crippen MR) is 85.5 cm³/mol. The van der Waals surface area contributed by atoms with E-state index in [9.17, 15) is 8.42 Å². The molecule has 0 bridgehead atoms. The number of piperazine rings is 1. The van der Waals surface area contributed by atoms with Crippen LogP contribution >= 0.6 is 11.6 Å². The predicted octanol–water partition coefficient (Wildman–Crippen LogP) is 1.25. The molecule has 1 aromatic rings. The minimum Gasteiger partial charge on any atom is -0.497 e. The lowest BCUT2D eigenvalue weighted by Gasteiger charge is -2.33. The Morgan fingerprint density at radius 1 is 1.14 bits per heavy atom. The summed E-state index contributed by atoms with van der Waals surface area (Å²) >= 11 is 5.73. The van der Waals surface area contributed by atoms with E-state index in [2.05, 4.69) is 4.90 Å². The fourth-order valence-corrected chi connectivity index (χ4v) is 4.27. The van der Waals surface area contributed by atoms with Crippen molar-refractivity contribution in [1.29, 1.82) is 0 Å². The van der Waals surface area contributed by atoms with E-state index in [-0.39, 0.29) is 4.90 Å². The van der Waals surface area contributed by atoms with Crippen LogP contribution in [0, 0.1) is 0 Å². The maximum absolute atomic E-state index is 12.8. The van der Waals surface area contributed by atoms with Crippen LogP contribution in [0.5, 0.6) is 11.5 Å². The zero-order chi connectivity index (χ0) is 16.2. The molecule has 1 fully saturated rings. The fourth-order valence-electron chi connectivity index (χ4n) is 2.44. The zero-order valence-corrected chi connectivity index (χ0v) is 14.4. The first-order chi connectivity index (χ1) is 10.5. The summed E-state index contributed by atoms with van der Waals surface area (Å²) in [7, 11) is -0.646. The number of hydrogen-bond donors (Lipinski definition) is 0. The van der Waals surface area contributed by atoms with Crippen molar-refractivity contribution in [2.75, 3.05) is 52.8 Å². The quantitative estimate of drug-likeness (QED) is 0.724. The Morgan fingerprint density at radius 3 is 2.36 bits per heavy atom. The van der Waals surface area contributed by atoms with Crippen LogP contribution in [0.25, 0.3) is 0 Å². The molecule has 2 rings (SSSR count). The van der Waals surface area contributed by atoms with Crippen molar-refractivity contribution in [3.05, 3.63) is 18.2 Å². The summed E-state index contributed by atoms with van der Waals surface area (Å²) in [6.45, 7) is 3.02. The minimum atomic E-state index is -3.61. The lowest BCUT2D eigenvalue weighted by Crippen LogP contribution is -2.49. The number of nitrogens with zero attached hydrogens (tertiary/aromatic N) is 2. The Balaban J connectivity index is 2.24. The van der Waals surface area contributed by atoms with E-state index in [1.807, 2.05) is 0 Å². The first kappa shape index (κ1) is 17.3. The lowest BCUT2D eigenvalue weighted by molar-refractivity contribution is 0.197. The average molecular weight is 349 g/mol. The number of ether oxygens (including phenoxy) is 2. The highest BCUT2D eigenvalue weighted by Crippen LogP contribution is 2.30. The summed E-state index contributed by atoms with van der Waals surface area (Å²) in [5, 5.41) is 0. The Morgan fingerprint density at radius 2 is 1.82 bits per heavy atom. The molecule has 1 saturated heterocycles. The van der Waals surface area contributed by atoms with Gasteiger partial charge in [0.15, 0.2) is 0 Å². The first-order valence-electron chi connectivity index (χ1n) is 7.03. The van der Waals surface area contributed by atoms with Gasteiger partial charge in [-0.3, -0.25) is 4.90 Å². The van der Waals surface area contributed by atoms with Gasteiger partial charge in [-0.2, -0.15) is 4.31 Å². The van der Waals surface area contributed by atoms with Crippen molar-refractivity contribution >= 4 is 21.6 Å². The number of rotatable bonds is 6. The Bertz CT molecular complexity index is 601. The molecule has 6 nitrogen and oxygen atoms in total. The standard InChI is InChI=1S/C14H21ClN2O4S/c1-20-12-3-4-13(21-2)14(11-12)22(18,19)17-9-7-16(6-5-15)8-10-17/h3-4,11H,5-10H2,1-2H3. The maximum atomic E-state index is 12.8. The third-order valence-electron chi connectivity index (χ3n) is 3.72. The summed E-state index contributed by atoms with van der Waals surface area (Å²) in [5.74, 6) is 1.36. The maximum Gasteiger partial charge on any atom is 0.246 e. The molecule has 0 saturated carbocycles. The number of benzene rings is 1. The van der Waals surface area contributed by atoms with Crippen LogP contribution in [0.1, 0.15) is 0 Å². The van der Waals surface area contributed by atoms with E-state index in [1.165, 1.54) is 24.6 Å². The van der Waals surface area contributed by atoms with E-state index < -0.39 is 10.0 Å². The molecular weight excluding hydrogens is 328 g/mol. The number of halogens is 1. The van der Waals surface area contributed by atoms with Crippen molar-refractivity contribution in [1.82, 2.24) is 9.21 Å². The van der Waals surface area contributed by atoms with Gasteiger partial charge in [-0.25, -0.2) is 8.42 Å². The number of sulfonamides is 1. The number of hydrogen-bond acceptors (Lipinski definition) is 5. The van der Waals surface area contributed by atoms with Gasteiger partial charge in [0.2, 0.25) is 10.0 Å². The van der Waals surface area contributed by atoms with E-state index in [0.29, 0.717) is 43.6 Å². The van der Waals surface area contributed by atoms with E-state index in [4.69, 9.17) is 21.1 Å². The number of methoxy groups -OCH3 is 2. The van der Waals surface area contributed by atoms with Gasteiger partial charge in [0.1, 0.15) is 16.4 Å². The smallest absolute Gasteiger partial charge is 0.246 e. The van der Waals surface area contributed by atoms with Gasteiger partial charge < -0.3 is 9.47 Å². The SMILES string of the molecule is COc1ccc(OC)c(S(=O)(=O)N2CCN(CCCl)CC2)c1. The van der Waals surface area contributed by atoms with Crippen LogP contribution in [-0.2, 0) is 10.0 Å². The molecule has 1 aliphatic heterocycles. The summed E-state index contributed by atoms with van der Waals surface area (Å²) in [6.07, 6.45) is 0. The molecule has 0 aromatic heterocycles. The van der Waals surface area contributed by atoms with Crippen LogP contribution in [0.3, 0.4) is 0 Å². The van der Waals surface area contributed by atoms with Crippen LogP contribution in [0.4, 0.5) is 0 Å². The topological polar surface area (TPSA) is 59.1 Å². The second-order valence-electron chi connectivity index (χ2n) is 4.95. The number of alkyl halides is 1. The minimum absolute atomic E-state index is 0.139. The molecule has 0 amide bonds. The molecule has 1 heterocycles. The van der Waals surface area contributed by atoms with Crippen LogP contribution in [0.15, 0.2) is 23.1 Å². The Labute approximate surface area is 136 Å². The monoisotopic (exact) mass is 348 g/mol.